The summed E-state index contributed by atoms with van der Waals surface area (Å²) in [6.45, 7) is 5.89. The molecular weight excluding hydrogens is 298 g/mol. The molecule has 1 rings (SSSR count). The zero-order chi connectivity index (χ0) is 15.3. The van der Waals surface area contributed by atoms with Crippen LogP contribution in [0.1, 0.15) is 27.2 Å². The Morgan fingerprint density at radius 3 is 2.25 bits per heavy atom. The first-order valence-electron chi connectivity index (χ1n) is 6.50. The van der Waals surface area contributed by atoms with Crippen molar-refractivity contribution in [3.05, 3.63) is 29.3 Å². The van der Waals surface area contributed by atoms with Gasteiger partial charge in [-0.15, -0.1) is 0 Å². The van der Waals surface area contributed by atoms with E-state index in [-0.39, 0.29) is 29.0 Å². The number of carbonyl (C=O) groups excluding carboxylic acids is 1. The number of hydrogen-bond donors (Lipinski definition) is 1. The second kappa shape index (κ2) is 7.09. The molecule has 20 heavy (non-hydrogen) atoms. The van der Waals surface area contributed by atoms with Crippen LogP contribution in [0.15, 0.2) is 29.2 Å². The minimum absolute atomic E-state index is 0.0285. The normalized spacial score (nSPS) is 13.2. The van der Waals surface area contributed by atoms with E-state index in [9.17, 15) is 13.2 Å². The van der Waals surface area contributed by atoms with Crippen molar-refractivity contribution >= 4 is 27.3 Å². The van der Waals surface area contributed by atoms with Crippen LogP contribution in [-0.4, -0.2) is 26.1 Å². The number of hydrogen-bond acceptors (Lipinski definition) is 3. The van der Waals surface area contributed by atoms with Crippen molar-refractivity contribution < 1.29 is 13.2 Å². The third-order valence-corrected chi connectivity index (χ3v) is 5.14. The average molecular weight is 318 g/mol. The van der Waals surface area contributed by atoms with E-state index in [4.69, 9.17) is 11.6 Å². The number of nitrogens with one attached hydrogen (secondary N) is 1. The van der Waals surface area contributed by atoms with E-state index in [1.165, 1.54) is 24.3 Å². The van der Waals surface area contributed by atoms with Gasteiger partial charge >= 0.3 is 0 Å². The summed E-state index contributed by atoms with van der Waals surface area (Å²) in [6, 6.07) is 5.98. The van der Waals surface area contributed by atoms with Crippen molar-refractivity contribution in [2.24, 2.45) is 5.92 Å². The Labute approximate surface area is 125 Å². The highest BCUT2D eigenvalue weighted by Gasteiger charge is 2.17. The maximum atomic E-state index is 12.0. The number of benzene rings is 1. The van der Waals surface area contributed by atoms with Crippen molar-refractivity contribution in [2.45, 2.75) is 38.1 Å². The summed E-state index contributed by atoms with van der Waals surface area (Å²) >= 11 is 5.72. The maximum absolute atomic E-state index is 12.0. The Morgan fingerprint density at radius 1 is 1.20 bits per heavy atom. The van der Waals surface area contributed by atoms with Crippen LogP contribution >= 0.6 is 11.6 Å². The minimum Gasteiger partial charge on any atom is -0.353 e. The first-order valence-corrected chi connectivity index (χ1v) is 8.53. The van der Waals surface area contributed by atoms with Gasteiger partial charge < -0.3 is 5.32 Å². The first kappa shape index (κ1) is 17.0. The lowest BCUT2D eigenvalue weighted by Crippen LogP contribution is -2.36. The Balaban J connectivity index is 2.60. The van der Waals surface area contributed by atoms with Gasteiger partial charge in [0.2, 0.25) is 5.91 Å². The van der Waals surface area contributed by atoms with Crippen molar-refractivity contribution in [3.8, 4) is 0 Å². The second-order valence-corrected chi connectivity index (χ2v) is 7.67. The Hall–Kier alpha value is -1.07. The van der Waals surface area contributed by atoms with Crippen LogP contribution in [0.5, 0.6) is 0 Å². The SMILES string of the molecule is CC(C)C(C)NC(=O)CCS(=O)(=O)c1ccc(Cl)cc1. The van der Waals surface area contributed by atoms with Gasteiger partial charge in [0.05, 0.1) is 10.6 Å². The fourth-order valence-corrected chi connectivity index (χ4v) is 2.85. The molecule has 0 radical (unpaired) electrons. The van der Waals surface area contributed by atoms with Gasteiger partial charge in [0.15, 0.2) is 9.84 Å². The minimum atomic E-state index is -3.45. The quantitative estimate of drug-likeness (QED) is 0.877. The molecule has 6 heteroatoms. The van der Waals surface area contributed by atoms with E-state index in [0.717, 1.165) is 0 Å². The molecule has 1 amide bonds. The Bertz CT molecular complexity index is 552. The highest BCUT2D eigenvalue weighted by atomic mass is 35.5. The summed E-state index contributed by atoms with van der Waals surface area (Å²) in [6.07, 6.45) is -0.0397. The van der Waals surface area contributed by atoms with Crippen molar-refractivity contribution in [3.63, 3.8) is 0 Å². The summed E-state index contributed by atoms with van der Waals surface area (Å²) in [5.41, 5.74) is 0. The molecule has 0 saturated heterocycles. The second-order valence-electron chi connectivity index (χ2n) is 5.12. The van der Waals surface area contributed by atoms with E-state index < -0.39 is 9.84 Å². The molecular formula is C14H20ClNO3S. The third kappa shape index (κ3) is 5.13. The topological polar surface area (TPSA) is 63.2 Å². The van der Waals surface area contributed by atoms with Crippen LogP contribution in [-0.2, 0) is 14.6 Å². The van der Waals surface area contributed by atoms with Gasteiger partial charge in [-0.2, -0.15) is 0 Å². The van der Waals surface area contributed by atoms with Crippen molar-refractivity contribution in [1.29, 1.82) is 0 Å². The predicted octanol–water partition coefficient (Wildman–Crippen LogP) is 2.66. The number of amides is 1. The molecule has 0 aromatic heterocycles. The lowest BCUT2D eigenvalue weighted by atomic mass is 10.1. The van der Waals surface area contributed by atoms with Gasteiger partial charge in [0.1, 0.15) is 0 Å². The third-order valence-electron chi connectivity index (χ3n) is 3.16. The summed E-state index contributed by atoms with van der Waals surface area (Å²) < 4.78 is 24.1. The molecule has 0 spiro atoms. The van der Waals surface area contributed by atoms with E-state index >= 15 is 0 Å². The van der Waals surface area contributed by atoms with Gasteiger partial charge in [-0.1, -0.05) is 25.4 Å². The van der Waals surface area contributed by atoms with Gasteiger partial charge in [-0.3, -0.25) is 4.79 Å². The molecule has 0 aliphatic rings. The molecule has 1 aromatic rings. The summed E-state index contributed by atoms with van der Waals surface area (Å²) in [7, 11) is -3.45. The Morgan fingerprint density at radius 2 is 1.75 bits per heavy atom. The number of halogens is 1. The molecule has 0 saturated carbocycles. The van der Waals surface area contributed by atoms with Crippen LogP contribution in [0.25, 0.3) is 0 Å². The molecule has 1 unspecified atom stereocenters. The zero-order valence-electron chi connectivity index (χ0n) is 11.9. The van der Waals surface area contributed by atoms with E-state index in [2.05, 4.69) is 5.32 Å². The molecule has 0 heterocycles. The molecule has 112 valence electrons. The monoisotopic (exact) mass is 317 g/mol. The van der Waals surface area contributed by atoms with Crippen molar-refractivity contribution in [2.75, 3.05) is 5.75 Å². The van der Waals surface area contributed by atoms with Crippen LogP contribution in [0.4, 0.5) is 0 Å². The van der Waals surface area contributed by atoms with Crippen molar-refractivity contribution in [1.82, 2.24) is 5.32 Å². The van der Waals surface area contributed by atoms with Crippen LogP contribution < -0.4 is 5.32 Å². The zero-order valence-corrected chi connectivity index (χ0v) is 13.5. The highest BCUT2D eigenvalue weighted by molar-refractivity contribution is 7.91. The molecule has 0 aliphatic carbocycles. The van der Waals surface area contributed by atoms with E-state index in [0.29, 0.717) is 10.9 Å². The number of carbonyl (C=O) groups is 1. The number of sulfone groups is 1. The van der Waals surface area contributed by atoms with Gasteiger partial charge in [-0.05, 0) is 37.1 Å². The highest BCUT2D eigenvalue weighted by Crippen LogP contribution is 2.16. The van der Waals surface area contributed by atoms with Crippen LogP contribution in [0, 0.1) is 5.92 Å². The molecule has 0 fully saturated rings. The van der Waals surface area contributed by atoms with Crippen LogP contribution in [0.2, 0.25) is 5.02 Å². The standard InChI is InChI=1S/C14H20ClNO3S/c1-10(2)11(3)16-14(17)8-9-20(18,19)13-6-4-12(15)5-7-13/h4-7,10-11H,8-9H2,1-3H3,(H,16,17). The Kier molecular flexibility index (Phi) is 6.02. The lowest BCUT2D eigenvalue weighted by molar-refractivity contribution is -0.121. The summed E-state index contributed by atoms with van der Waals surface area (Å²) in [5, 5.41) is 3.27. The lowest BCUT2D eigenvalue weighted by Gasteiger charge is -2.17. The largest absolute Gasteiger partial charge is 0.353 e. The molecule has 0 aliphatic heterocycles. The maximum Gasteiger partial charge on any atom is 0.221 e. The molecule has 1 atom stereocenters. The summed E-state index contributed by atoms with van der Waals surface area (Å²) in [4.78, 5) is 11.9. The number of rotatable bonds is 6. The molecule has 0 bridgehead atoms. The van der Waals surface area contributed by atoms with Gasteiger partial charge in [-0.25, -0.2) is 8.42 Å². The van der Waals surface area contributed by atoms with Gasteiger partial charge in [0, 0.05) is 17.5 Å². The molecule has 1 N–H and O–H groups in total. The predicted molar refractivity (Wildman–Crippen MR) is 80.6 cm³/mol. The average Bonchev–Trinajstić information content (AvgIpc) is 2.37. The summed E-state index contributed by atoms with van der Waals surface area (Å²) in [5.74, 6) is -0.138. The van der Waals surface area contributed by atoms with E-state index in [1.807, 2.05) is 20.8 Å². The molecule has 1 aromatic carbocycles. The fourth-order valence-electron chi connectivity index (χ4n) is 1.48. The molecule has 4 nitrogen and oxygen atoms in total. The van der Waals surface area contributed by atoms with Crippen LogP contribution in [0.3, 0.4) is 0 Å². The van der Waals surface area contributed by atoms with E-state index in [1.54, 1.807) is 0 Å². The first-order chi connectivity index (χ1) is 9.22. The smallest absolute Gasteiger partial charge is 0.221 e. The van der Waals surface area contributed by atoms with Gasteiger partial charge in [0.25, 0.3) is 0 Å². The fraction of sp³-hybridized carbons (Fsp3) is 0.500.